The van der Waals surface area contributed by atoms with Crippen molar-refractivity contribution >= 4 is 11.8 Å². The number of nitrogens with one attached hydrogen (secondary N) is 1. The van der Waals surface area contributed by atoms with E-state index in [1.54, 1.807) is 17.3 Å². The molecule has 1 saturated heterocycles. The molecule has 1 atom stereocenters. The molecule has 5 heteroatoms. The third kappa shape index (κ3) is 3.60. The van der Waals surface area contributed by atoms with Crippen molar-refractivity contribution in [1.82, 2.24) is 15.2 Å². The van der Waals surface area contributed by atoms with Gasteiger partial charge in [-0.1, -0.05) is 13.8 Å². The number of rotatable bonds is 5. The second-order valence-corrected chi connectivity index (χ2v) is 5.90. The zero-order chi connectivity index (χ0) is 15.4. The summed E-state index contributed by atoms with van der Waals surface area (Å²) in [6.07, 6.45) is 4.91. The van der Waals surface area contributed by atoms with Gasteiger partial charge in [0.15, 0.2) is 0 Å². The van der Waals surface area contributed by atoms with Gasteiger partial charge in [-0.25, -0.2) is 0 Å². The highest BCUT2D eigenvalue weighted by atomic mass is 16.2. The summed E-state index contributed by atoms with van der Waals surface area (Å²) >= 11 is 0. The third-order valence-electron chi connectivity index (χ3n) is 3.94. The highest BCUT2D eigenvalue weighted by Crippen LogP contribution is 2.19. The van der Waals surface area contributed by atoms with Crippen LogP contribution in [-0.2, 0) is 16.1 Å². The van der Waals surface area contributed by atoms with Crippen LogP contribution in [0.1, 0.15) is 37.8 Å². The molecule has 0 aromatic carbocycles. The number of aryl methyl sites for hydroxylation is 1. The Hall–Kier alpha value is -1.91. The van der Waals surface area contributed by atoms with Crippen LogP contribution in [0.25, 0.3) is 0 Å². The van der Waals surface area contributed by atoms with Gasteiger partial charge in [-0.2, -0.15) is 0 Å². The first-order chi connectivity index (χ1) is 10.0. The Morgan fingerprint density at radius 1 is 1.48 bits per heavy atom. The first-order valence-electron chi connectivity index (χ1n) is 7.47. The fourth-order valence-corrected chi connectivity index (χ4v) is 2.75. The Bertz CT molecular complexity index is 528. The van der Waals surface area contributed by atoms with Crippen LogP contribution in [0.5, 0.6) is 0 Å². The number of carbonyl (C=O) groups is 2. The first-order valence-corrected chi connectivity index (χ1v) is 7.47. The van der Waals surface area contributed by atoms with Gasteiger partial charge in [0, 0.05) is 31.9 Å². The average molecular weight is 289 g/mol. The molecular formula is C16H23N3O2. The molecule has 1 unspecified atom stereocenters. The molecule has 5 nitrogen and oxygen atoms in total. The second kappa shape index (κ2) is 6.70. The summed E-state index contributed by atoms with van der Waals surface area (Å²) in [4.78, 5) is 30.1. The summed E-state index contributed by atoms with van der Waals surface area (Å²) in [6.45, 7) is 7.08. The Labute approximate surface area is 125 Å². The smallest absolute Gasteiger partial charge is 0.243 e. The predicted octanol–water partition coefficient (Wildman–Crippen LogP) is 1.65. The lowest BCUT2D eigenvalue weighted by atomic mass is 10.0. The van der Waals surface area contributed by atoms with E-state index in [4.69, 9.17) is 0 Å². The van der Waals surface area contributed by atoms with E-state index in [1.807, 2.05) is 26.8 Å². The SMILES string of the molecule is Cc1cnccc1CNC(=O)C(C(C)C)N1CCCC1=O. The minimum atomic E-state index is -0.373. The maximum absolute atomic E-state index is 12.5. The van der Waals surface area contributed by atoms with Crippen LogP contribution in [-0.4, -0.2) is 34.3 Å². The van der Waals surface area contributed by atoms with E-state index >= 15 is 0 Å². The molecule has 114 valence electrons. The van der Waals surface area contributed by atoms with Crippen LogP contribution in [0.3, 0.4) is 0 Å². The monoisotopic (exact) mass is 289 g/mol. The molecule has 1 aliphatic heterocycles. The number of hydrogen-bond acceptors (Lipinski definition) is 3. The van der Waals surface area contributed by atoms with Gasteiger partial charge in [-0.3, -0.25) is 14.6 Å². The van der Waals surface area contributed by atoms with Gasteiger partial charge in [0.25, 0.3) is 0 Å². The molecule has 0 spiro atoms. The zero-order valence-corrected chi connectivity index (χ0v) is 12.9. The van der Waals surface area contributed by atoms with Gasteiger partial charge in [-0.05, 0) is 36.5 Å². The van der Waals surface area contributed by atoms with Gasteiger partial charge in [-0.15, -0.1) is 0 Å². The quantitative estimate of drug-likeness (QED) is 0.896. The number of likely N-dealkylation sites (tertiary alicyclic amines) is 1. The molecule has 1 N–H and O–H groups in total. The first kappa shape index (κ1) is 15.5. The fourth-order valence-electron chi connectivity index (χ4n) is 2.75. The van der Waals surface area contributed by atoms with E-state index in [-0.39, 0.29) is 23.8 Å². The summed E-state index contributed by atoms with van der Waals surface area (Å²) < 4.78 is 0. The summed E-state index contributed by atoms with van der Waals surface area (Å²) in [7, 11) is 0. The van der Waals surface area contributed by atoms with Crippen molar-refractivity contribution in [2.75, 3.05) is 6.54 Å². The fraction of sp³-hybridized carbons (Fsp3) is 0.562. The van der Waals surface area contributed by atoms with E-state index in [0.717, 1.165) is 17.5 Å². The van der Waals surface area contributed by atoms with Gasteiger partial charge in [0.2, 0.25) is 11.8 Å². The maximum atomic E-state index is 12.5. The normalized spacial score (nSPS) is 16.4. The second-order valence-electron chi connectivity index (χ2n) is 5.90. The summed E-state index contributed by atoms with van der Waals surface area (Å²) in [5, 5.41) is 2.96. The van der Waals surface area contributed by atoms with E-state index in [0.29, 0.717) is 19.5 Å². The van der Waals surface area contributed by atoms with Crippen molar-refractivity contribution in [3.63, 3.8) is 0 Å². The largest absolute Gasteiger partial charge is 0.350 e. The van der Waals surface area contributed by atoms with Gasteiger partial charge < -0.3 is 10.2 Å². The Kier molecular flexibility index (Phi) is 4.94. The molecular weight excluding hydrogens is 266 g/mol. The summed E-state index contributed by atoms with van der Waals surface area (Å²) in [6, 6.07) is 1.53. The molecule has 2 rings (SSSR count). The molecule has 0 aliphatic carbocycles. The Balaban J connectivity index is 2.02. The number of aromatic nitrogens is 1. The molecule has 1 fully saturated rings. The van der Waals surface area contributed by atoms with Crippen LogP contribution in [0, 0.1) is 12.8 Å². The molecule has 2 heterocycles. The molecule has 21 heavy (non-hydrogen) atoms. The van der Waals surface area contributed by atoms with Gasteiger partial charge in [0.05, 0.1) is 0 Å². The van der Waals surface area contributed by atoms with Crippen LogP contribution < -0.4 is 5.32 Å². The Morgan fingerprint density at radius 3 is 2.81 bits per heavy atom. The maximum Gasteiger partial charge on any atom is 0.243 e. The van der Waals surface area contributed by atoms with Crippen molar-refractivity contribution in [2.24, 2.45) is 5.92 Å². The van der Waals surface area contributed by atoms with E-state index in [1.165, 1.54) is 0 Å². The molecule has 1 aromatic rings. The minimum Gasteiger partial charge on any atom is -0.350 e. The van der Waals surface area contributed by atoms with Crippen molar-refractivity contribution in [1.29, 1.82) is 0 Å². The van der Waals surface area contributed by atoms with E-state index in [9.17, 15) is 9.59 Å². The lowest BCUT2D eigenvalue weighted by molar-refractivity contribution is -0.139. The van der Waals surface area contributed by atoms with Crippen molar-refractivity contribution in [3.05, 3.63) is 29.6 Å². The van der Waals surface area contributed by atoms with Gasteiger partial charge >= 0.3 is 0 Å². The number of hydrogen-bond donors (Lipinski definition) is 1. The standard InChI is InChI=1S/C16H23N3O2/c1-11(2)15(19-8-4-5-14(19)20)16(21)18-10-13-6-7-17-9-12(13)3/h6-7,9,11,15H,4-5,8,10H2,1-3H3,(H,18,21). The van der Waals surface area contributed by atoms with Crippen molar-refractivity contribution in [2.45, 2.75) is 46.2 Å². The number of amides is 2. The summed E-state index contributed by atoms with van der Waals surface area (Å²) in [5.74, 6) is 0.117. The molecule has 1 aliphatic rings. The number of carbonyl (C=O) groups excluding carboxylic acids is 2. The van der Waals surface area contributed by atoms with Crippen LogP contribution in [0.2, 0.25) is 0 Å². The number of nitrogens with zero attached hydrogens (tertiary/aromatic N) is 2. The molecule has 0 bridgehead atoms. The molecule has 0 radical (unpaired) electrons. The van der Waals surface area contributed by atoms with Crippen LogP contribution >= 0.6 is 0 Å². The van der Waals surface area contributed by atoms with E-state index in [2.05, 4.69) is 10.3 Å². The summed E-state index contributed by atoms with van der Waals surface area (Å²) in [5.41, 5.74) is 2.10. The van der Waals surface area contributed by atoms with E-state index < -0.39 is 0 Å². The van der Waals surface area contributed by atoms with Gasteiger partial charge in [0.1, 0.15) is 6.04 Å². The lowest BCUT2D eigenvalue weighted by Crippen LogP contribution is -2.50. The highest BCUT2D eigenvalue weighted by Gasteiger charge is 2.34. The van der Waals surface area contributed by atoms with Crippen LogP contribution in [0.4, 0.5) is 0 Å². The van der Waals surface area contributed by atoms with Crippen molar-refractivity contribution < 1.29 is 9.59 Å². The van der Waals surface area contributed by atoms with Crippen LogP contribution in [0.15, 0.2) is 18.5 Å². The molecule has 2 amide bonds. The predicted molar refractivity (Wildman–Crippen MR) is 80.4 cm³/mol. The average Bonchev–Trinajstić information content (AvgIpc) is 2.84. The molecule has 1 aromatic heterocycles. The molecule has 0 saturated carbocycles. The lowest BCUT2D eigenvalue weighted by Gasteiger charge is -2.30. The minimum absolute atomic E-state index is 0.0727. The zero-order valence-electron chi connectivity index (χ0n) is 12.9. The third-order valence-corrected chi connectivity index (χ3v) is 3.94. The highest BCUT2D eigenvalue weighted by molar-refractivity contribution is 5.88. The topological polar surface area (TPSA) is 62.3 Å². The van der Waals surface area contributed by atoms with Crippen molar-refractivity contribution in [3.8, 4) is 0 Å². The number of pyridine rings is 1. The Morgan fingerprint density at radius 2 is 2.24 bits per heavy atom.